The minimum atomic E-state index is -1.07. The van der Waals surface area contributed by atoms with Crippen LogP contribution in [-0.4, -0.2) is 18.2 Å². The molecule has 3 rings (SSSR count). The Kier molecular flexibility index (Phi) is 4.58. The van der Waals surface area contributed by atoms with Crippen LogP contribution in [0.3, 0.4) is 0 Å². The molecule has 0 atom stereocenters. The molecule has 1 N–H and O–H groups in total. The van der Waals surface area contributed by atoms with Gasteiger partial charge in [0.1, 0.15) is 6.61 Å². The van der Waals surface area contributed by atoms with Gasteiger partial charge >= 0.3 is 5.97 Å². The van der Waals surface area contributed by atoms with Crippen molar-refractivity contribution in [2.24, 2.45) is 0 Å². The molecule has 0 unspecified atom stereocenters. The maximum Gasteiger partial charge on any atom is 0.335 e. The summed E-state index contributed by atoms with van der Waals surface area (Å²) in [7, 11) is 1.45. The van der Waals surface area contributed by atoms with Gasteiger partial charge < -0.3 is 14.6 Å². The minimum absolute atomic E-state index is 0.0503. The lowest BCUT2D eigenvalue weighted by atomic mass is 10.1. The maximum absolute atomic E-state index is 11.1. The minimum Gasteiger partial charge on any atom is -0.493 e. The van der Waals surface area contributed by atoms with Crippen molar-refractivity contribution in [1.29, 1.82) is 0 Å². The number of fused-ring (bicyclic) bond motifs is 1. The molecule has 0 aromatic heterocycles. The van der Waals surface area contributed by atoms with Crippen molar-refractivity contribution in [3.05, 3.63) is 70.7 Å². The van der Waals surface area contributed by atoms with Gasteiger partial charge in [0, 0.05) is 0 Å². The average Bonchev–Trinajstić information content (AvgIpc) is 2.60. The zero-order chi connectivity index (χ0) is 17.1. The number of aromatic carboxylic acids is 1. The van der Waals surface area contributed by atoms with Crippen LogP contribution in [0.15, 0.2) is 54.6 Å². The van der Waals surface area contributed by atoms with Gasteiger partial charge in [0.05, 0.1) is 17.7 Å². The molecule has 3 aromatic carbocycles. The molecule has 0 amide bonds. The molecule has 0 saturated heterocycles. The molecular weight excluding hydrogens is 328 g/mol. The van der Waals surface area contributed by atoms with Gasteiger partial charge in [-0.05, 0) is 28.5 Å². The predicted octanol–water partition coefficient (Wildman–Crippen LogP) is 4.78. The summed E-state index contributed by atoms with van der Waals surface area (Å²) >= 11 is 6.17. The molecule has 0 aliphatic heterocycles. The van der Waals surface area contributed by atoms with E-state index in [-0.39, 0.29) is 10.6 Å². The monoisotopic (exact) mass is 342 g/mol. The van der Waals surface area contributed by atoms with Crippen molar-refractivity contribution in [2.45, 2.75) is 6.61 Å². The summed E-state index contributed by atoms with van der Waals surface area (Å²) in [6.45, 7) is 0.295. The average molecular weight is 343 g/mol. The maximum atomic E-state index is 11.1. The highest BCUT2D eigenvalue weighted by atomic mass is 35.5. The summed E-state index contributed by atoms with van der Waals surface area (Å²) < 4.78 is 11.1. The lowest BCUT2D eigenvalue weighted by Crippen LogP contribution is -2.02. The van der Waals surface area contributed by atoms with E-state index in [0.717, 1.165) is 16.3 Å². The standard InChI is InChI=1S/C19H15ClO4/c1-23-17-10-14(19(21)22)9-16(20)18(17)24-11-13-7-4-6-12-5-2-3-8-15(12)13/h2-10H,11H2,1H3,(H,21,22). The Morgan fingerprint density at radius 1 is 1.12 bits per heavy atom. The Labute approximate surface area is 144 Å². The van der Waals surface area contributed by atoms with E-state index in [9.17, 15) is 4.79 Å². The number of ether oxygens (including phenoxy) is 2. The molecule has 0 bridgehead atoms. The second-order valence-corrected chi connectivity index (χ2v) is 5.63. The first-order valence-corrected chi connectivity index (χ1v) is 7.68. The number of hydrogen-bond donors (Lipinski definition) is 1. The van der Waals surface area contributed by atoms with Crippen molar-refractivity contribution < 1.29 is 19.4 Å². The van der Waals surface area contributed by atoms with E-state index in [1.807, 2.05) is 42.5 Å². The van der Waals surface area contributed by atoms with Crippen LogP contribution in [0.25, 0.3) is 10.8 Å². The molecule has 3 aromatic rings. The van der Waals surface area contributed by atoms with Crippen LogP contribution in [-0.2, 0) is 6.61 Å². The number of carboxylic acid groups (broad SMARTS) is 1. The summed E-state index contributed by atoms with van der Waals surface area (Å²) in [6, 6.07) is 16.8. The van der Waals surface area contributed by atoms with Crippen LogP contribution in [0, 0.1) is 0 Å². The first kappa shape index (κ1) is 16.1. The lowest BCUT2D eigenvalue weighted by molar-refractivity contribution is 0.0696. The fourth-order valence-corrected chi connectivity index (χ4v) is 2.82. The van der Waals surface area contributed by atoms with E-state index in [1.54, 1.807) is 0 Å². The SMILES string of the molecule is COc1cc(C(=O)O)cc(Cl)c1OCc1cccc2ccccc12. The van der Waals surface area contributed by atoms with E-state index < -0.39 is 5.97 Å². The van der Waals surface area contributed by atoms with Crippen LogP contribution in [0.5, 0.6) is 11.5 Å². The zero-order valence-electron chi connectivity index (χ0n) is 13.0. The van der Waals surface area contributed by atoms with Crippen molar-refractivity contribution in [3.63, 3.8) is 0 Å². The van der Waals surface area contributed by atoms with Gasteiger partial charge in [-0.15, -0.1) is 0 Å². The largest absolute Gasteiger partial charge is 0.493 e. The third-order valence-electron chi connectivity index (χ3n) is 3.73. The van der Waals surface area contributed by atoms with Gasteiger partial charge in [-0.1, -0.05) is 54.1 Å². The van der Waals surface area contributed by atoms with Gasteiger partial charge in [-0.25, -0.2) is 4.79 Å². The Balaban J connectivity index is 1.92. The van der Waals surface area contributed by atoms with E-state index in [1.165, 1.54) is 19.2 Å². The fourth-order valence-electron chi connectivity index (χ4n) is 2.55. The molecule has 122 valence electrons. The molecule has 24 heavy (non-hydrogen) atoms. The van der Waals surface area contributed by atoms with Gasteiger partial charge in [0.2, 0.25) is 0 Å². The van der Waals surface area contributed by atoms with Gasteiger partial charge in [-0.2, -0.15) is 0 Å². The molecule has 0 heterocycles. The highest BCUT2D eigenvalue weighted by Gasteiger charge is 2.15. The summed E-state index contributed by atoms with van der Waals surface area (Å²) in [4.78, 5) is 11.1. The molecule has 0 fully saturated rings. The molecular formula is C19H15ClO4. The number of rotatable bonds is 5. The van der Waals surface area contributed by atoms with Crippen LogP contribution < -0.4 is 9.47 Å². The van der Waals surface area contributed by atoms with Crippen LogP contribution in [0.1, 0.15) is 15.9 Å². The summed E-state index contributed by atoms with van der Waals surface area (Å²) in [5.41, 5.74) is 1.06. The summed E-state index contributed by atoms with van der Waals surface area (Å²) in [6.07, 6.45) is 0. The Morgan fingerprint density at radius 2 is 1.88 bits per heavy atom. The van der Waals surface area contributed by atoms with Crippen molar-refractivity contribution in [1.82, 2.24) is 0 Å². The van der Waals surface area contributed by atoms with Crippen molar-refractivity contribution in [3.8, 4) is 11.5 Å². The fraction of sp³-hybridized carbons (Fsp3) is 0.105. The first-order chi connectivity index (χ1) is 11.6. The smallest absolute Gasteiger partial charge is 0.335 e. The number of methoxy groups -OCH3 is 1. The number of carboxylic acids is 1. The van der Waals surface area contributed by atoms with Crippen molar-refractivity contribution >= 4 is 28.3 Å². The molecule has 0 spiro atoms. The van der Waals surface area contributed by atoms with E-state index in [2.05, 4.69) is 0 Å². The van der Waals surface area contributed by atoms with E-state index in [4.69, 9.17) is 26.2 Å². The lowest BCUT2D eigenvalue weighted by Gasteiger charge is -2.14. The molecule has 0 radical (unpaired) electrons. The molecule has 5 heteroatoms. The second kappa shape index (κ2) is 6.81. The van der Waals surface area contributed by atoms with Gasteiger partial charge in [0.15, 0.2) is 11.5 Å². The number of halogens is 1. The first-order valence-electron chi connectivity index (χ1n) is 7.30. The van der Waals surface area contributed by atoms with Crippen LogP contribution >= 0.6 is 11.6 Å². The normalized spacial score (nSPS) is 10.6. The third-order valence-corrected chi connectivity index (χ3v) is 4.01. The van der Waals surface area contributed by atoms with Crippen LogP contribution in [0.2, 0.25) is 5.02 Å². The summed E-state index contributed by atoms with van der Waals surface area (Å²) in [5.74, 6) is -0.451. The van der Waals surface area contributed by atoms with Crippen molar-refractivity contribution in [2.75, 3.05) is 7.11 Å². The van der Waals surface area contributed by atoms with Gasteiger partial charge in [-0.3, -0.25) is 0 Å². The van der Waals surface area contributed by atoms with E-state index >= 15 is 0 Å². The second-order valence-electron chi connectivity index (χ2n) is 5.22. The zero-order valence-corrected chi connectivity index (χ0v) is 13.7. The van der Waals surface area contributed by atoms with E-state index in [0.29, 0.717) is 18.1 Å². The van der Waals surface area contributed by atoms with Gasteiger partial charge in [0.25, 0.3) is 0 Å². The van der Waals surface area contributed by atoms with Crippen LogP contribution in [0.4, 0.5) is 0 Å². The Hall–Kier alpha value is -2.72. The number of hydrogen-bond acceptors (Lipinski definition) is 3. The number of carbonyl (C=O) groups is 1. The summed E-state index contributed by atoms with van der Waals surface area (Å²) in [5, 5.41) is 11.5. The quantitative estimate of drug-likeness (QED) is 0.725. The molecule has 4 nitrogen and oxygen atoms in total. The molecule has 0 aliphatic rings. The highest BCUT2D eigenvalue weighted by molar-refractivity contribution is 6.32. The molecule has 0 aliphatic carbocycles. The highest BCUT2D eigenvalue weighted by Crippen LogP contribution is 2.37. The topological polar surface area (TPSA) is 55.8 Å². The molecule has 0 saturated carbocycles. The third kappa shape index (κ3) is 3.14. The Bertz CT molecular complexity index is 900. The predicted molar refractivity (Wildman–Crippen MR) is 93.2 cm³/mol. The Morgan fingerprint density at radius 3 is 2.62 bits per heavy atom. The number of benzene rings is 3.